The van der Waals surface area contributed by atoms with E-state index >= 15 is 0 Å². The lowest BCUT2D eigenvalue weighted by Crippen LogP contribution is -2.20. The topological polar surface area (TPSA) is 29.9 Å². The van der Waals surface area contributed by atoms with E-state index in [9.17, 15) is 0 Å². The van der Waals surface area contributed by atoms with E-state index in [1.54, 1.807) is 0 Å². The van der Waals surface area contributed by atoms with Crippen LogP contribution in [-0.2, 0) is 13.0 Å². The summed E-state index contributed by atoms with van der Waals surface area (Å²) in [6.45, 7) is 3.01. The van der Waals surface area contributed by atoms with Gasteiger partial charge >= 0.3 is 0 Å². The molecule has 2 aromatic heterocycles. The first-order valence-electron chi connectivity index (χ1n) is 7.02. The van der Waals surface area contributed by atoms with Crippen LogP contribution in [0.15, 0.2) is 30.9 Å². The van der Waals surface area contributed by atoms with Crippen molar-refractivity contribution >= 4 is 0 Å². The molecule has 2 aromatic rings. The normalized spacial score (nSPS) is 18.3. The van der Waals surface area contributed by atoms with Gasteiger partial charge in [0.05, 0.1) is 0 Å². The summed E-state index contributed by atoms with van der Waals surface area (Å²) in [6.07, 6.45) is 12.2. The summed E-state index contributed by atoms with van der Waals surface area (Å²) in [5, 5.41) is 3.42. The van der Waals surface area contributed by atoms with Gasteiger partial charge in [0.1, 0.15) is 0 Å². The third kappa shape index (κ3) is 2.56. The molecule has 0 amide bonds. The largest absolute Gasteiger partial charge is 0.349 e. The first kappa shape index (κ1) is 12.4. The number of nitrogens with zero attached hydrogens (tertiary/aromatic N) is 2. The zero-order valence-corrected chi connectivity index (χ0v) is 11.7. The molecule has 100 valence electrons. The maximum Gasteiger partial charge on any atom is 0.0485 e. The molecule has 19 heavy (non-hydrogen) atoms. The Morgan fingerprint density at radius 3 is 3.05 bits per heavy atom. The molecule has 3 heteroatoms. The van der Waals surface area contributed by atoms with Crippen LogP contribution in [0.1, 0.15) is 41.1 Å². The Balaban J connectivity index is 1.85. The predicted octanol–water partition coefficient (Wildman–Crippen LogP) is 2.84. The molecule has 0 aliphatic heterocycles. The fourth-order valence-corrected chi connectivity index (χ4v) is 3.05. The van der Waals surface area contributed by atoms with E-state index in [2.05, 4.69) is 47.3 Å². The van der Waals surface area contributed by atoms with Crippen molar-refractivity contribution in [1.82, 2.24) is 14.9 Å². The van der Waals surface area contributed by atoms with Gasteiger partial charge in [-0.15, -0.1) is 0 Å². The van der Waals surface area contributed by atoms with Crippen LogP contribution < -0.4 is 5.32 Å². The minimum Gasteiger partial charge on any atom is -0.349 e. The van der Waals surface area contributed by atoms with E-state index in [0.717, 1.165) is 6.54 Å². The third-order valence-electron chi connectivity index (χ3n) is 3.96. The van der Waals surface area contributed by atoms with Gasteiger partial charge in [-0.2, -0.15) is 0 Å². The van der Waals surface area contributed by atoms with Crippen molar-refractivity contribution in [2.24, 2.45) is 0 Å². The van der Waals surface area contributed by atoms with Crippen LogP contribution >= 0.6 is 0 Å². The third-order valence-corrected chi connectivity index (χ3v) is 3.96. The Hall–Kier alpha value is -1.61. The average Bonchev–Trinajstić information content (AvgIpc) is 2.80. The molecule has 2 heterocycles. The molecule has 0 fully saturated rings. The summed E-state index contributed by atoms with van der Waals surface area (Å²) < 4.78 is 2.30. The zero-order valence-electron chi connectivity index (χ0n) is 11.7. The molecule has 1 unspecified atom stereocenters. The minimum atomic E-state index is 0.528. The summed E-state index contributed by atoms with van der Waals surface area (Å²) in [6, 6.07) is 2.74. The SMILES string of the molecule is CNC1CCCc2cn(Cc3cncc(C)c3)cc21. The van der Waals surface area contributed by atoms with E-state index in [1.165, 1.54) is 41.5 Å². The maximum absolute atomic E-state index is 4.27. The van der Waals surface area contributed by atoms with Gasteiger partial charge in [0.2, 0.25) is 0 Å². The molecule has 0 radical (unpaired) electrons. The number of rotatable bonds is 3. The van der Waals surface area contributed by atoms with Gasteiger partial charge in [0.15, 0.2) is 0 Å². The fourth-order valence-electron chi connectivity index (χ4n) is 3.05. The van der Waals surface area contributed by atoms with Gasteiger partial charge in [-0.05, 0) is 55.5 Å². The summed E-state index contributed by atoms with van der Waals surface area (Å²) in [5.41, 5.74) is 5.48. The van der Waals surface area contributed by atoms with Crippen LogP contribution in [0.2, 0.25) is 0 Å². The molecule has 1 N–H and O–H groups in total. The van der Waals surface area contributed by atoms with Crippen LogP contribution in [0.5, 0.6) is 0 Å². The van der Waals surface area contributed by atoms with E-state index in [-0.39, 0.29) is 0 Å². The highest BCUT2D eigenvalue weighted by Gasteiger charge is 2.20. The number of aryl methyl sites for hydroxylation is 2. The molecule has 1 aliphatic carbocycles. The van der Waals surface area contributed by atoms with Crippen molar-refractivity contribution in [2.75, 3.05) is 7.05 Å². The smallest absolute Gasteiger partial charge is 0.0485 e. The van der Waals surface area contributed by atoms with Gasteiger partial charge in [-0.3, -0.25) is 4.98 Å². The molecule has 1 aliphatic rings. The molecule has 0 spiro atoms. The Morgan fingerprint density at radius 2 is 2.26 bits per heavy atom. The van der Waals surface area contributed by atoms with Crippen molar-refractivity contribution in [2.45, 2.75) is 38.8 Å². The Kier molecular flexibility index (Phi) is 3.38. The van der Waals surface area contributed by atoms with E-state index in [4.69, 9.17) is 0 Å². The van der Waals surface area contributed by atoms with Gasteiger partial charge in [0, 0.05) is 37.4 Å². The average molecular weight is 255 g/mol. The summed E-state index contributed by atoms with van der Waals surface area (Å²) in [7, 11) is 2.06. The summed E-state index contributed by atoms with van der Waals surface area (Å²) in [5.74, 6) is 0. The van der Waals surface area contributed by atoms with E-state index in [1.807, 2.05) is 12.4 Å². The van der Waals surface area contributed by atoms with E-state index < -0.39 is 0 Å². The minimum absolute atomic E-state index is 0.528. The number of fused-ring (bicyclic) bond motifs is 1. The monoisotopic (exact) mass is 255 g/mol. The van der Waals surface area contributed by atoms with Gasteiger partial charge in [-0.25, -0.2) is 0 Å². The zero-order chi connectivity index (χ0) is 13.2. The van der Waals surface area contributed by atoms with Crippen LogP contribution in [-0.4, -0.2) is 16.6 Å². The number of pyridine rings is 1. The van der Waals surface area contributed by atoms with Crippen molar-refractivity contribution in [3.8, 4) is 0 Å². The van der Waals surface area contributed by atoms with E-state index in [0.29, 0.717) is 6.04 Å². The van der Waals surface area contributed by atoms with Crippen LogP contribution in [0, 0.1) is 6.92 Å². The van der Waals surface area contributed by atoms with Crippen molar-refractivity contribution in [3.63, 3.8) is 0 Å². The van der Waals surface area contributed by atoms with Crippen molar-refractivity contribution in [3.05, 3.63) is 53.1 Å². The molecule has 0 saturated carbocycles. The van der Waals surface area contributed by atoms with Crippen LogP contribution in [0.3, 0.4) is 0 Å². The van der Waals surface area contributed by atoms with Gasteiger partial charge in [0.25, 0.3) is 0 Å². The lowest BCUT2D eigenvalue weighted by Gasteiger charge is -2.21. The fraction of sp³-hybridized carbons (Fsp3) is 0.438. The lowest BCUT2D eigenvalue weighted by atomic mass is 9.91. The Morgan fingerprint density at radius 1 is 1.37 bits per heavy atom. The summed E-state index contributed by atoms with van der Waals surface area (Å²) >= 11 is 0. The second-order valence-corrected chi connectivity index (χ2v) is 5.52. The number of aromatic nitrogens is 2. The molecule has 0 aromatic carbocycles. The Labute approximate surface area is 114 Å². The lowest BCUT2D eigenvalue weighted by molar-refractivity contribution is 0.498. The summed E-state index contributed by atoms with van der Waals surface area (Å²) in [4.78, 5) is 4.27. The molecule has 0 bridgehead atoms. The van der Waals surface area contributed by atoms with Crippen LogP contribution in [0.4, 0.5) is 0 Å². The molecule has 1 atom stereocenters. The molecule has 0 saturated heterocycles. The molecular formula is C16H21N3. The van der Waals surface area contributed by atoms with Crippen molar-refractivity contribution in [1.29, 1.82) is 0 Å². The maximum atomic E-state index is 4.27. The predicted molar refractivity (Wildman–Crippen MR) is 77.2 cm³/mol. The van der Waals surface area contributed by atoms with Crippen LogP contribution in [0.25, 0.3) is 0 Å². The Bertz CT molecular complexity index is 571. The highest BCUT2D eigenvalue weighted by molar-refractivity contribution is 5.31. The van der Waals surface area contributed by atoms with Gasteiger partial charge in [-0.1, -0.05) is 6.07 Å². The number of hydrogen-bond acceptors (Lipinski definition) is 2. The highest BCUT2D eigenvalue weighted by atomic mass is 15.0. The standard InChI is InChI=1S/C16H21N3/c1-12-6-13(8-18-7-12)9-19-10-14-4-3-5-16(17-2)15(14)11-19/h6-8,10-11,16-17H,3-5,9H2,1-2H3. The molecule has 3 nitrogen and oxygen atoms in total. The second-order valence-electron chi connectivity index (χ2n) is 5.52. The van der Waals surface area contributed by atoms with Gasteiger partial charge < -0.3 is 9.88 Å². The number of nitrogens with one attached hydrogen (secondary N) is 1. The quantitative estimate of drug-likeness (QED) is 0.914. The highest BCUT2D eigenvalue weighted by Crippen LogP contribution is 2.30. The second kappa shape index (κ2) is 5.17. The first-order valence-corrected chi connectivity index (χ1v) is 7.02. The van der Waals surface area contributed by atoms with Crippen molar-refractivity contribution < 1.29 is 0 Å². The molecule has 3 rings (SSSR count). The first-order chi connectivity index (χ1) is 9.26. The molecular weight excluding hydrogens is 234 g/mol. The number of hydrogen-bond donors (Lipinski definition) is 1.